The molecule has 2 heterocycles. The molecule has 6 heteroatoms. The predicted octanol–water partition coefficient (Wildman–Crippen LogP) is 2.93. The third-order valence-corrected chi connectivity index (χ3v) is 4.24. The molecule has 1 aromatic heterocycles. The number of aromatic nitrogens is 2. The van der Waals surface area contributed by atoms with Crippen LogP contribution >= 0.6 is 0 Å². The molecule has 0 bridgehead atoms. The third-order valence-electron chi connectivity index (χ3n) is 4.24. The first-order valence-electron chi connectivity index (χ1n) is 6.90. The first kappa shape index (κ1) is 14.1. The Morgan fingerprint density at radius 2 is 1.86 bits per heavy atom. The van der Waals surface area contributed by atoms with E-state index in [4.69, 9.17) is 0 Å². The van der Waals surface area contributed by atoms with Gasteiger partial charge in [0, 0.05) is 17.3 Å². The fourth-order valence-electron chi connectivity index (χ4n) is 2.87. The number of hydrogen-bond acceptors (Lipinski definition) is 2. The Hall–Kier alpha value is -1.82. The summed E-state index contributed by atoms with van der Waals surface area (Å²) < 4.78 is 42.1. The van der Waals surface area contributed by atoms with Crippen LogP contribution in [0.4, 0.5) is 13.2 Å². The van der Waals surface area contributed by atoms with Crippen molar-refractivity contribution in [3.05, 3.63) is 47.8 Å². The van der Waals surface area contributed by atoms with Gasteiger partial charge >= 0.3 is 0 Å². The van der Waals surface area contributed by atoms with Crippen LogP contribution in [0.2, 0.25) is 0 Å². The molecule has 1 aliphatic rings. The van der Waals surface area contributed by atoms with Crippen LogP contribution in [0.1, 0.15) is 25.5 Å². The summed E-state index contributed by atoms with van der Waals surface area (Å²) in [5.74, 6) is -3.83. The van der Waals surface area contributed by atoms with Gasteiger partial charge in [-0.25, -0.2) is 18.2 Å². The van der Waals surface area contributed by atoms with E-state index in [1.165, 1.54) is 17.0 Å². The van der Waals surface area contributed by atoms with E-state index in [0.29, 0.717) is 0 Å². The van der Waals surface area contributed by atoms with E-state index in [9.17, 15) is 13.2 Å². The Kier molecular flexibility index (Phi) is 3.49. The summed E-state index contributed by atoms with van der Waals surface area (Å²) in [5.41, 5.74) is 0.633. The number of imidazole rings is 1. The molecule has 1 fully saturated rings. The van der Waals surface area contributed by atoms with Crippen molar-refractivity contribution >= 4 is 0 Å². The number of rotatable bonds is 2. The molecular weight excluding hydrogens is 279 g/mol. The number of piperidine rings is 1. The molecule has 1 saturated heterocycles. The van der Waals surface area contributed by atoms with Gasteiger partial charge in [0.25, 0.3) is 0 Å². The molecule has 3 rings (SSSR count). The lowest BCUT2D eigenvalue weighted by Gasteiger charge is -2.34. The Bertz CT molecular complexity index is 660. The lowest BCUT2D eigenvalue weighted by Crippen LogP contribution is -2.38. The summed E-state index contributed by atoms with van der Waals surface area (Å²) in [7, 11) is 0. The van der Waals surface area contributed by atoms with Gasteiger partial charge in [0.05, 0.1) is 12.0 Å². The summed E-state index contributed by atoms with van der Waals surface area (Å²) in [6, 6.07) is 2.17. The quantitative estimate of drug-likeness (QED) is 0.863. The van der Waals surface area contributed by atoms with Crippen LogP contribution in [-0.4, -0.2) is 22.6 Å². The molecule has 2 aromatic rings. The molecule has 3 nitrogen and oxygen atoms in total. The zero-order valence-electron chi connectivity index (χ0n) is 11.7. The third kappa shape index (κ3) is 2.33. The van der Waals surface area contributed by atoms with E-state index in [-0.39, 0.29) is 11.1 Å². The fraction of sp³-hybridized carbons (Fsp3) is 0.400. The second-order valence-corrected chi connectivity index (χ2v) is 5.65. The van der Waals surface area contributed by atoms with Crippen LogP contribution in [-0.2, 0) is 5.41 Å². The predicted molar refractivity (Wildman–Crippen MR) is 72.9 cm³/mol. The maximum atomic E-state index is 14.0. The Morgan fingerprint density at radius 3 is 2.57 bits per heavy atom. The van der Waals surface area contributed by atoms with Crippen LogP contribution in [0.5, 0.6) is 0 Å². The van der Waals surface area contributed by atoms with Gasteiger partial charge in [0.15, 0.2) is 17.5 Å². The van der Waals surface area contributed by atoms with Crippen molar-refractivity contribution in [1.29, 1.82) is 0 Å². The normalized spacial score (nSPS) is 17.9. The molecule has 0 spiro atoms. The minimum atomic E-state index is -1.46. The van der Waals surface area contributed by atoms with Crippen molar-refractivity contribution in [3.8, 4) is 5.69 Å². The first-order chi connectivity index (χ1) is 10.0. The lowest BCUT2D eigenvalue weighted by molar-refractivity contribution is 0.323. The van der Waals surface area contributed by atoms with Crippen molar-refractivity contribution in [3.63, 3.8) is 0 Å². The molecule has 0 saturated carbocycles. The molecule has 1 aromatic carbocycles. The van der Waals surface area contributed by atoms with E-state index in [0.717, 1.165) is 37.7 Å². The maximum Gasteiger partial charge on any atom is 0.196 e. The first-order valence-corrected chi connectivity index (χ1v) is 6.90. The summed E-state index contributed by atoms with van der Waals surface area (Å²) in [6.45, 7) is 3.81. The van der Waals surface area contributed by atoms with Gasteiger partial charge in [0.2, 0.25) is 0 Å². The van der Waals surface area contributed by atoms with E-state index < -0.39 is 17.5 Å². The average Bonchev–Trinajstić information content (AvgIpc) is 2.96. The van der Waals surface area contributed by atoms with Crippen molar-refractivity contribution < 1.29 is 13.2 Å². The number of nitrogens with one attached hydrogen (secondary N) is 1. The highest BCUT2D eigenvalue weighted by molar-refractivity contribution is 5.38. The van der Waals surface area contributed by atoms with E-state index in [2.05, 4.69) is 17.2 Å². The van der Waals surface area contributed by atoms with Crippen LogP contribution in [0.3, 0.4) is 0 Å². The maximum absolute atomic E-state index is 14.0. The van der Waals surface area contributed by atoms with Crippen LogP contribution in [0.25, 0.3) is 5.69 Å². The van der Waals surface area contributed by atoms with Crippen molar-refractivity contribution in [2.75, 3.05) is 13.1 Å². The summed E-state index contributed by atoms with van der Waals surface area (Å²) in [6.07, 6.45) is 4.87. The highest BCUT2D eigenvalue weighted by Crippen LogP contribution is 2.34. The lowest BCUT2D eigenvalue weighted by atomic mass is 9.78. The van der Waals surface area contributed by atoms with Crippen molar-refractivity contribution in [2.24, 2.45) is 0 Å². The summed E-state index contributed by atoms with van der Waals surface area (Å²) in [4.78, 5) is 4.07. The fourth-order valence-corrected chi connectivity index (χ4v) is 2.87. The minimum Gasteiger partial charge on any atom is -0.317 e. The van der Waals surface area contributed by atoms with Crippen molar-refractivity contribution in [2.45, 2.75) is 25.2 Å². The van der Waals surface area contributed by atoms with Crippen LogP contribution in [0.15, 0.2) is 24.7 Å². The van der Waals surface area contributed by atoms with Gasteiger partial charge in [-0.1, -0.05) is 6.92 Å². The standard InChI is InChI=1S/C15H16F3N3/c1-15(4-6-19-7-5-15)12-8-20-9-21(12)11-3-2-10(16)13(17)14(11)18/h2-3,8-9,19H,4-7H2,1H3. The number of benzene rings is 1. The van der Waals surface area contributed by atoms with Gasteiger partial charge in [-0.15, -0.1) is 0 Å². The number of nitrogens with zero attached hydrogens (tertiary/aromatic N) is 2. The molecular formula is C15H16F3N3. The number of halogens is 3. The summed E-state index contributed by atoms with van der Waals surface area (Å²) >= 11 is 0. The largest absolute Gasteiger partial charge is 0.317 e. The smallest absolute Gasteiger partial charge is 0.196 e. The van der Waals surface area contributed by atoms with E-state index in [1.54, 1.807) is 6.20 Å². The Balaban J connectivity index is 2.09. The molecule has 21 heavy (non-hydrogen) atoms. The highest BCUT2D eigenvalue weighted by Gasteiger charge is 2.32. The zero-order valence-corrected chi connectivity index (χ0v) is 11.7. The van der Waals surface area contributed by atoms with Gasteiger partial charge in [-0.05, 0) is 38.1 Å². The van der Waals surface area contributed by atoms with E-state index >= 15 is 0 Å². The van der Waals surface area contributed by atoms with Crippen molar-refractivity contribution in [1.82, 2.24) is 14.9 Å². The second-order valence-electron chi connectivity index (χ2n) is 5.65. The number of hydrogen-bond donors (Lipinski definition) is 1. The van der Waals surface area contributed by atoms with Crippen LogP contribution in [0, 0.1) is 17.5 Å². The van der Waals surface area contributed by atoms with Crippen LogP contribution < -0.4 is 5.32 Å². The molecule has 112 valence electrons. The Morgan fingerprint density at radius 1 is 1.14 bits per heavy atom. The van der Waals surface area contributed by atoms with E-state index in [1.807, 2.05) is 0 Å². The summed E-state index contributed by atoms with van der Waals surface area (Å²) in [5, 5.41) is 3.28. The second kappa shape index (κ2) is 5.18. The van der Waals surface area contributed by atoms with Gasteiger partial charge < -0.3 is 5.32 Å². The monoisotopic (exact) mass is 295 g/mol. The molecule has 0 aliphatic carbocycles. The molecule has 1 N–H and O–H groups in total. The molecule has 1 aliphatic heterocycles. The zero-order chi connectivity index (χ0) is 15.0. The molecule has 0 unspecified atom stereocenters. The Labute approximate surface area is 120 Å². The topological polar surface area (TPSA) is 29.9 Å². The van der Waals surface area contributed by atoms with Gasteiger partial charge in [0.1, 0.15) is 0 Å². The molecule has 0 amide bonds. The minimum absolute atomic E-state index is 0.0128. The average molecular weight is 295 g/mol. The van der Waals surface area contributed by atoms with Gasteiger partial charge in [-0.2, -0.15) is 0 Å². The molecule has 0 atom stereocenters. The SMILES string of the molecule is CC1(c2cncn2-c2ccc(F)c(F)c2F)CCNCC1. The molecule has 0 radical (unpaired) electrons. The highest BCUT2D eigenvalue weighted by atomic mass is 19.2. The van der Waals surface area contributed by atoms with Gasteiger partial charge in [-0.3, -0.25) is 4.57 Å².